The third kappa shape index (κ3) is 4.38. The number of hydrogen-bond acceptors (Lipinski definition) is 10. The van der Waals surface area contributed by atoms with Gasteiger partial charge in [0.15, 0.2) is 0 Å². The lowest BCUT2D eigenvalue weighted by Gasteiger charge is -2.22. The number of aromatic nitrogens is 2. The van der Waals surface area contributed by atoms with Crippen molar-refractivity contribution in [2.45, 2.75) is 36.6 Å². The zero-order valence-electron chi connectivity index (χ0n) is 11.5. The van der Waals surface area contributed by atoms with Crippen LogP contribution in [0, 0.1) is 0 Å². The quantitative estimate of drug-likeness (QED) is 0.234. The molecule has 0 aromatic carbocycles. The van der Waals surface area contributed by atoms with Gasteiger partial charge in [0.2, 0.25) is 0 Å². The van der Waals surface area contributed by atoms with Gasteiger partial charge < -0.3 is 40.9 Å². The maximum absolute atomic E-state index is 9.75. The highest BCUT2D eigenvalue weighted by molar-refractivity contribution is 5.10. The second-order valence-electron chi connectivity index (χ2n) is 4.74. The maximum Gasteiger partial charge on any atom is 0.126 e. The first-order valence-electron chi connectivity index (χ1n) is 6.45. The van der Waals surface area contributed by atoms with Crippen LogP contribution < -0.4 is 0 Å². The fourth-order valence-electron chi connectivity index (χ4n) is 1.64. The Balaban J connectivity index is 2.82. The monoisotopic (exact) mass is 320 g/mol. The minimum Gasteiger partial charge on any atom is -0.394 e. The third-order valence-electron chi connectivity index (χ3n) is 3.11. The molecule has 0 fully saturated rings. The van der Waals surface area contributed by atoms with Crippen LogP contribution in [-0.2, 0) is 0 Å². The fourth-order valence-corrected chi connectivity index (χ4v) is 1.64. The molecule has 8 N–H and O–H groups in total. The van der Waals surface area contributed by atoms with Gasteiger partial charge >= 0.3 is 0 Å². The molecule has 0 saturated carbocycles. The van der Waals surface area contributed by atoms with Crippen LogP contribution in [0.25, 0.3) is 0 Å². The molecule has 126 valence electrons. The third-order valence-corrected chi connectivity index (χ3v) is 3.11. The standard InChI is InChI=1S/C12H20N2O8/c15-3-7(17)11(21)9(19)5-1-13-6(2-14-5)10(20)12(22)8(18)4-16/h1-2,7-12,15-22H,3-4H2/t7-,8-,9-,10-,11+,12+/m1/s1. The summed E-state index contributed by atoms with van der Waals surface area (Å²) in [6.07, 6.45) is -7.74. The maximum atomic E-state index is 9.75. The van der Waals surface area contributed by atoms with Crippen molar-refractivity contribution in [3.8, 4) is 0 Å². The molecule has 0 saturated heterocycles. The van der Waals surface area contributed by atoms with Gasteiger partial charge in [0.05, 0.1) is 37.0 Å². The van der Waals surface area contributed by atoms with E-state index in [1.165, 1.54) is 0 Å². The lowest BCUT2D eigenvalue weighted by Crippen LogP contribution is -2.36. The lowest BCUT2D eigenvalue weighted by atomic mass is 10.0. The highest BCUT2D eigenvalue weighted by Gasteiger charge is 2.29. The van der Waals surface area contributed by atoms with Crippen LogP contribution in [0.4, 0.5) is 0 Å². The first kappa shape index (κ1) is 18.8. The molecule has 1 aromatic heterocycles. The predicted octanol–water partition coefficient (Wildman–Crippen LogP) is -4.03. The average molecular weight is 320 g/mol. The van der Waals surface area contributed by atoms with Gasteiger partial charge in [-0.3, -0.25) is 9.97 Å². The van der Waals surface area contributed by atoms with E-state index in [-0.39, 0.29) is 11.4 Å². The van der Waals surface area contributed by atoms with Crippen LogP contribution in [0.2, 0.25) is 0 Å². The van der Waals surface area contributed by atoms with Crippen LogP contribution in [0.5, 0.6) is 0 Å². The Morgan fingerprint density at radius 2 is 1.00 bits per heavy atom. The van der Waals surface area contributed by atoms with Crippen LogP contribution >= 0.6 is 0 Å². The molecule has 0 aliphatic rings. The van der Waals surface area contributed by atoms with Gasteiger partial charge in [-0.1, -0.05) is 0 Å². The summed E-state index contributed by atoms with van der Waals surface area (Å²) in [5.74, 6) is 0. The first-order chi connectivity index (χ1) is 10.3. The van der Waals surface area contributed by atoms with Gasteiger partial charge in [0, 0.05) is 0 Å². The molecule has 1 rings (SSSR count). The van der Waals surface area contributed by atoms with E-state index >= 15 is 0 Å². The van der Waals surface area contributed by atoms with Crippen LogP contribution in [0.3, 0.4) is 0 Å². The van der Waals surface area contributed by atoms with E-state index < -0.39 is 49.8 Å². The molecule has 0 unspecified atom stereocenters. The Hall–Kier alpha value is -1.24. The van der Waals surface area contributed by atoms with Crippen molar-refractivity contribution in [1.82, 2.24) is 9.97 Å². The Morgan fingerprint density at radius 3 is 1.23 bits per heavy atom. The number of hydrogen-bond donors (Lipinski definition) is 8. The molecule has 0 bridgehead atoms. The van der Waals surface area contributed by atoms with Crippen molar-refractivity contribution in [3.63, 3.8) is 0 Å². The summed E-state index contributed by atoms with van der Waals surface area (Å²) in [5, 5.41) is 74.4. The minimum absolute atomic E-state index is 0.131. The van der Waals surface area contributed by atoms with E-state index in [0.29, 0.717) is 0 Å². The summed E-state index contributed by atoms with van der Waals surface area (Å²) >= 11 is 0. The molecule has 22 heavy (non-hydrogen) atoms. The molecule has 6 atom stereocenters. The van der Waals surface area contributed by atoms with Crippen molar-refractivity contribution in [1.29, 1.82) is 0 Å². The normalized spacial score (nSPS) is 20.0. The van der Waals surface area contributed by atoms with Gasteiger partial charge in [-0.2, -0.15) is 0 Å². The minimum atomic E-state index is -1.68. The van der Waals surface area contributed by atoms with E-state index in [9.17, 15) is 30.6 Å². The van der Waals surface area contributed by atoms with Crippen molar-refractivity contribution in [2.24, 2.45) is 0 Å². The number of nitrogens with zero attached hydrogens (tertiary/aromatic N) is 2. The van der Waals surface area contributed by atoms with Crippen LogP contribution in [0.15, 0.2) is 12.4 Å². The molecule has 0 radical (unpaired) electrons. The molecule has 10 heteroatoms. The van der Waals surface area contributed by atoms with Gasteiger partial charge in [0.25, 0.3) is 0 Å². The van der Waals surface area contributed by atoms with Crippen LogP contribution in [-0.4, -0.2) is 88.4 Å². The van der Waals surface area contributed by atoms with E-state index in [1.54, 1.807) is 0 Å². The van der Waals surface area contributed by atoms with Crippen molar-refractivity contribution >= 4 is 0 Å². The van der Waals surface area contributed by atoms with Crippen LogP contribution in [0.1, 0.15) is 23.6 Å². The Kier molecular flexibility index (Phi) is 7.19. The Morgan fingerprint density at radius 1 is 0.682 bits per heavy atom. The molecular weight excluding hydrogens is 300 g/mol. The summed E-state index contributed by atoms with van der Waals surface area (Å²) in [7, 11) is 0. The van der Waals surface area contributed by atoms with E-state index in [1.807, 2.05) is 0 Å². The molecular formula is C12H20N2O8. The number of aliphatic hydroxyl groups is 8. The molecule has 1 heterocycles. The molecule has 1 aromatic rings. The van der Waals surface area contributed by atoms with E-state index in [2.05, 4.69) is 9.97 Å². The highest BCUT2D eigenvalue weighted by Crippen LogP contribution is 2.20. The van der Waals surface area contributed by atoms with Gasteiger partial charge in [-0.15, -0.1) is 0 Å². The zero-order valence-corrected chi connectivity index (χ0v) is 11.5. The van der Waals surface area contributed by atoms with E-state index in [0.717, 1.165) is 12.4 Å². The molecule has 0 aliphatic carbocycles. The largest absolute Gasteiger partial charge is 0.394 e. The van der Waals surface area contributed by atoms with Crippen molar-refractivity contribution < 1.29 is 40.9 Å². The Bertz CT molecular complexity index is 404. The predicted molar refractivity (Wildman–Crippen MR) is 70.2 cm³/mol. The SMILES string of the molecule is OC[C@@H](O)[C@H](O)[C@H](O)c1cnc([C@@H](O)[C@@H](O)[C@H](O)CO)cn1. The van der Waals surface area contributed by atoms with Gasteiger partial charge in [0.1, 0.15) is 36.6 Å². The molecule has 10 nitrogen and oxygen atoms in total. The topological polar surface area (TPSA) is 188 Å². The summed E-state index contributed by atoms with van der Waals surface area (Å²) in [5.41, 5.74) is -0.263. The number of rotatable bonds is 8. The smallest absolute Gasteiger partial charge is 0.126 e. The fraction of sp³-hybridized carbons (Fsp3) is 0.667. The molecule has 0 aliphatic heterocycles. The second-order valence-corrected chi connectivity index (χ2v) is 4.74. The summed E-state index contributed by atoms with van der Waals surface area (Å²) in [6.45, 7) is -1.51. The Labute approximate surface area is 125 Å². The zero-order chi connectivity index (χ0) is 16.9. The van der Waals surface area contributed by atoms with E-state index in [4.69, 9.17) is 10.2 Å². The summed E-state index contributed by atoms with van der Waals surface area (Å²) in [4.78, 5) is 7.45. The summed E-state index contributed by atoms with van der Waals surface area (Å²) in [6, 6.07) is 0. The van der Waals surface area contributed by atoms with Gasteiger partial charge in [-0.25, -0.2) is 0 Å². The lowest BCUT2D eigenvalue weighted by molar-refractivity contribution is -0.0808. The molecule has 0 spiro atoms. The number of aliphatic hydroxyl groups excluding tert-OH is 8. The summed E-state index contributed by atoms with van der Waals surface area (Å²) < 4.78 is 0. The van der Waals surface area contributed by atoms with Crippen molar-refractivity contribution in [3.05, 3.63) is 23.8 Å². The molecule has 0 amide bonds. The van der Waals surface area contributed by atoms with Crippen molar-refractivity contribution in [2.75, 3.05) is 13.2 Å². The average Bonchev–Trinajstić information content (AvgIpc) is 2.57. The second kappa shape index (κ2) is 8.41. The highest BCUT2D eigenvalue weighted by atomic mass is 16.4. The first-order valence-corrected chi connectivity index (χ1v) is 6.45. The van der Waals surface area contributed by atoms with Gasteiger partial charge in [-0.05, 0) is 0 Å².